The monoisotopic (exact) mass is 636 g/mol. The van der Waals surface area contributed by atoms with Crippen LogP contribution >= 0.6 is 11.3 Å². The maximum atomic E-state index is 7.22. The summed E-state index contributed by atoms with van der Waals surface area (Å²) in [5, 5.41) is 5.09. The molecule has 2 aliphatic heterocycles. The van der Waals surface area contributed by atoms with Crippen LogP contribution in [0.3, 0.4) is 0 Å². The molecule has 4 heterocycles. The molecule has 0 bridgehead atoms. The number of allylic oxidation sites excluding steroid dienone is 1. The molecule has 6 aromatic carbocycles. The minimum atomic E-state index is -0.220. The minimum Gasteiger partial charge on any atom is -0.451 e. The normalized spacial score (nSPS) is 17.0. The lowest BCUT2D eigenvalue weighted by Gasteiger charge is -2.42. The van der Waals surface area contributed by atoms with Crippen molar-refractivity contribution < 1.29 is 4.74 Å². The first kappa shape index (κ1) is 26.7. The van der Waals surface area contributed by atoms with E-state index in [2.05, 4.69) is 152 Å². The predicted octanol–water partition coefficient (Wildman–Crippen LogP) is 12.9. The largest absolute Gasteiger partial charge is 0.451 e. The number of ether oxygens (including phenoxy) is 1. The van der Waals surface area contributed by atoms with E-state index in [1.54, 1.807) is 0 Å². The highest BCUT2D eigenvalue weighted by Gasteiger charge is 2.39. The van der Waals surface area contributed by atoms with Gasteiger partial charge in [0.15, 0.2) is 11.5 Å². The molecule has 0 fully saturated rings. The summed E-state index contributed by atoms with van der Waals surface area (Å²) >= 11 is 1.84. The van der Waals surface area contributed by atoms with E-state index in [0.717, 1.165) is 29.3 Å². The summed E-state index contributed by atoms with van der Waals surface area (Å²) in [6.45, 7) is 7.09. The van der Waals surface area contributed by atoms with Gasteiger partial charge in [0.2, 0.25) is 0 Å². The maximum Gasteiger partial charge on any atom is 0.169 e. The first-order valence-corrected chi connectivity index (χ1v) is 17.7. The van der Waals surface area contributed by atoms with Gasteiger partial charge in [0, 0.05) is 43.4 Å². The molecule has 1 aliphatic carbocycles. The molecular weight excluding hydrogens is 605 g/mol. The third-order valence-corrected chi connectivity index (χ3v) is 12.3. The third-order valence-electron chi connectivity index (χ3n) is 11.2. The van der Waals surface area contributed by atoms with Crippen molar-refractivity contribution in [3.05, 3.63) is 138 Å². The van der Waals surface area contributed by atoms with E-state index in [9.17, 15) is 0 Å². The summed E-state index contributed by atoms with van der Waals surface area (Å²) < 4.78 is 12.2. The van der Waals surface area contributed by atoms with Gasteiger partial charge in [0.1, 0.15) is 0 Å². The molecule has 230 valence electrons. The van der Waals surface area contributed by atoms with Crippen LogP contribution in [0, 0.1) is 0 Å². The lowest BCUT2D eigenvalue weighted by atomic mass is 9.73. The van der Waals surface area contributed by atoms with Gasteiger partial charge in [-0.25, -0.2) is 0 Å². The lowest BCUT2D eigenvalue weighted by molar-refractivity contribution is 0.481. The standard InChI is InChI=1S/C44H32N2OS/c1-25-12-11-13-26-20-30-31-21-32-28-16-7-10-19-40(28)48-43(32)42-41(31)46(36(30)22-29(25)26)38-23-34-37(24-39(38)47-42)45(27-14-5-4-6-15-27)35-18-9-8-17-33(35)44(34,2)3/h4-11,13-25H,12H2,1-3H3. The van der Waals surface area contributed by atoms with Gasteiger partial charge in [-0.1, -0.05) is 87.5 Å². The van der Waals surface area contributed by atoms with E-state index in [0.29, 0.717) is 5.92 Å². The summed E-state index contributed by atoms with van der Waals surface area (Å²) in [6, 6.07) is 40.5. The quantitative estimate of drug-likeness (QED) is 0.178. The van der Waals surface area contributed by atoms with Crippen LogP contribution in [0.2, 0.25) is 0 Å². The number of para-hydroxylation sites is 2. The van der Waals surface area contributed by atoms with Gasteiger partial charge in [-0.3, -0.25) is 0 Å². The molecule has 3 nitrogen and oxygen atoms in total. The lowest BCUT2D eigenvalue weighted by Crippen LogP contribution is -2.31. The van der Waals surface area contributed by atoms with E-state index < -0.39 is 0 Å². The zero-order chi connectivity index (χ0) is 31.9. The number of aromatic nitrogens is 1. The van der Waals surface area contributed by atoms with Crippen LogP contribution in [0.15, 0.2) is 115 Å². The SMILES string of the molecule is CC1CC=Cc2cc3c4cc5c(sc6ccccc65)c5c4n(c3cc21)-c1cc2c(cc1O5)N(c1ccccc1)c1ccccc1C2(C)C. The number of rotatable bonds is 1. The zero-order valence-corrected chi connectivity index (χ0v) is 27.9. The molecule has 0 amide bonds. The third kappa shape index (κ3) is 3.33. The van der Waals surface area contributed by atoms with E-state index in [1.165, 1.54) is 75.6 Å². The second-order valence-electron chi connectivity index (χ2n) is 14.2. The average Bonchev–Trinajstić information content (AvgIpc) is 3.64. The number of fused-ring (bicyclic) bond motifs is 12. The summed E-state index contributed by atoms with van der Waals surface area (Å²) in [5.41, 5.74) is 12.2. The van der Waals surface area contributed by atoms with Gasteiger partial charge >= 0.3 is 0 Å². The smallest absolute Gasteiger partial charge is 0.169 e. The number of hydrogen-bond donors (Lipinski definition) is 0. The van der Waals surface area contributed by atoms with Gasteiger partial charge in [0.05, 0.1) is 32.8 Å². The van der Waals surface area contributed by atoms with Crippen LogP contribution in [0.1, 0.15) is 55.4 Å². The average molecular weight is 637 g/mol. The van der Waals surface area contributed by atoms with Crippen molar-refractivity contribution in [1.82, 2.24) is 4.57 Å². The zero-order valence-electron chi connectivity index (χ0n) is 27.0. The molecule has 1 atom stereocenters. The van der Waals surface area contributed by atoms with E-state index in [4.69, 9.17) is 4.74 Å². The van der Waals surface area contributed by atoms with Crippen molar-refractivity contribution >= 4 is 76.5 Å². The predicted molar refractivity (Wildman–Crippen MR) is 203 cm³/mol. The molecule has 0 saturated heterocycles. The molecule has 1 unspecified atom stereocenters. The molecule has 3 aliphatic rings. The topological polar surface area (TPSA) is 17.4 Å². The van der Waals surface area contributed by atoms with Gasteiger partial charge in [-0.15, -0.1) is 11.3 Å². The highest BCUT2D eigenvalue weighted by atomic mass is 32.1. The van der Waals surface area contributed by atoms with Gasteiger partial charge in [0.25, 0.3) is 0 Å². The fraction of sp³-hybridized carbons (Fsp3) is 0.136. The number of nitrogens with zero attached hydrogens (tertiary/aromatic N) is 2. The highest BCUT2D eigenvalue weighted by molar-refractivity contribution is 7.26. The van der Waals surface area contributed by atoms with Crippen molar-refractivity contribution in [2.24, 2.45) is 0 Å². The van der Waals surface area contributed by atoms with Crippen LogP contribution in [0.25, 0.3) is 53.7 Å². The van der Waals surface area contributed by atoms with Crippen LogP contribution in [0.4, 0.5) is 17.1 Å². The second-order valence-corrected chi connectivity index (χ2v) is 15.3. The Labute approximate surface area is 282 Å². The molecule has 8 aromatic rings. The van der Waals surface area contributed by atoms with Crippen molar-refractivity contribution in [3.8, 4) is 17.2 Å². The Morgan fingerprint density at radius 3 is 2.44 bits per heavy atom. The number of thiophene rings is 1. The summed E-state index contributed by atoms with van der Waals surface area (Å²) in [5.74, 6) is 2.34. The number of anilines is 3. The van der Waals surface area contributed by atoms with Crippen molar-refractivity contribution in [1.29, 1.82) is 0 Å². The number of benzene rings is 6. The Kier molecular flexibility index (Phi) is 5.11. The van der Waals surface area contributed by atoms with Crippen LogP contribution in [-0.4, -0.2) is 4.57 Å². The Morgan fingerprint density at radius 1 is 0.729 bits per heavy atom. The molecule has 0 radical (unpaired) electrons. The van der Waals surface area contributed by atoms with Crippen molar-refractivity contribution in [3.63, 3.8) is 0 Å². The second kappa shape index (κ2) is 9.18. The molecule has 0 spiro atoms. The molecule has 48 heavy (non-hydrogen) atoms. The van der Waals surface area contributed by atoms with Gasteiger partial charge in [-0.2, -0.15) is 0 Å². The van der Waals surface area contributed by atoms with Crippen LogP contribution in [0.5, 0.6) is 11.5 Å². The molecule has 0 saturated carbocycles. The van der Waals surface area contributed by atoms with Crippen LogP contribution < -0.4 is 9.64 Å². The van der Waals surface area contributed by atoms with Crippen molar-refractivity contribution in [2.75, 3.05) is 4.90 Å². The Morgan fingerprint density at radius 2 is 1.54 bits per heavy atom. The number of hydrogen-bond acceptors (Lipinski definition) is 3. The summed E-state index contributed by atoms with van der Waals surface area (Å²) in [6.07, 6.45) is 5.72. The Bertz CT molecular complexity index is 2730. The fourth-order valence-electron chi connectivity index (χ4n) is 8.77. The summed E-state index contributed by atoms with van der Waals surface area (Å²) in [4.78, 5) is 2.42. The molecule has 0 N–H and O–H groups in total. The molecule has 4 heteroatoms. The van der Waals surface area contributed by atoms with E-state index in [1.807, 2.05) is 11.3 Å². The van der Waals surface area contributed by atoms with Gasteiger partial charge in [-0.05, 0) is 83.1 Å². The maximum absolute atomic E-state index is 7.22. The van der Waals surface area contributed by atoms with Crippen molar-refractivity contribution in [2.45, 2.75) is 38.5 Å². The first-order chi connectivity index (χ1) is 23.5. The summed E-state index contributed by atoms with van der Waals surface area (Å²) in [7, 11) is 0. The molecular formula is C44H32N2OS. The minimum absolute atomic E-state index is 0.220. The molecule has 11 rings (SSSR count). The highest BCUT2D eigenvalue weighted by Crippen LogP contribution is 2.58. The molecule has 2 aromatic heterocycles. The van der Waals surface area contributed by atoms with E-state index >= 15 is 0 Å². The fourth-order valence-corrected chi connectivity index (χ4v) is 9.93. The Balaban J connectivity index is 1.29. The van der Waals surface area contributed by atoms with E-state index in [-0.39, 0.29) is 5.41 Å². The van der Waals surface area contributed by atoms with Gasteiger partial charge < -0.3 is 14.2 Å². The van der Waals surface area contributed by atoms with Crippen LogP contribution in [-0.2, 0) is 5.41 Å². The Hall–Kier alpha value is -5.32. The first-order valence-electron chi connectivity index (χ1n) is 16.9.